The van der Waals surface area contributed by atoms with Crippen LogP contribution in [-0.4, -0.2) is 29.8 Å². The van der Waals surface area contributed by atoms with Crippen molar-refractivity contribution in [1.29, 1.82) is 0 Å². The first kappa shape index (κ1) is 17.0. The van der Waals surface area contributed by atoms with Crippen LogP contribution < -0.4 is 4.74 Å². The standard InChI is InChI=1S/C15H17ClO5/c1-3-12(15(19)20-4-2)21-13-7-5-10(9-11(13)16)6-8-14(17)18/h5-9,12H,3-4H2,1-2H3,(H,17,18). The number of halogens is 1. The summed E-state index contributed by atoms with van der Waals surface area (Å²) >= 11 is 6.07. The van der Waals surface area contributed by atoms with E-state index in [-0.39, 0.29) is 6.61 Å². The van der Waals surface area contributed by atoms with Crippen molar-refractivity contribution in [2.45, 2.75) is 26.4 Å². The van der Waals surface area contributed by atoms with Gasteiger partial charge in [0.15, 0.2) is 6.10 Å². The summed E-state index contributed by atoms with van der Waals surface area (Å²) in [7, 11) is 0. The number of esters is 1. The molecule has 114 valence electrons. The zero-order valence-corrected chi connectivity index (χ0v) is 12.6. The van der Waals surface area contributed by atoms with Crippen molar-refractivity contribution in [3.63, 3.8) is 0 Å². The van der Waals surface area contributed by atoms with E-state index in [0.29, 0.717) is 22.8 Å². The molecule has 1 aromatic carbocycles. The van der Waals surface area contributed by atoms with Crippen LogP contribution in [0.15, 0.2) is 24.3 Å². The lowest BCUT2D eigenvalue weighted by Gasteiger charge is -2.17. The summed E-state index contributed by atoms with van der Waals surface area (Å²) in [6.45, 7) is 3.81. The Morgan fingerprint density at radius 1 is 1.38 bits per heavy atom. The number of hydrogen-bond donors (Lipinski definition) is 1. The van der Waals surface area contributed by atoms with Gasteiger partial charge in [-0.15, -0.1) is 0 Å². The fraction of sp³-hybridized carbons (Fsp3) is 0.333. The number of ether oxygens (including phenoxy) is 2. The van der Waals surface area contributed by atoms with E-state index in [1.807, 2.05) is 0 Å². The van der Waals surface area contributed by atoms with Gasteiger partial charge in [-0.2, -0.15) is 0 Å². The molecule has 0 saturated heterocycles. The molecule has 1 N–H and O–H groups in total. The van der Waals surface area contributed by atoms with Gasteiger partial charge in [0.2, 0.25) is 0 Å². The zero-order valence-electron chi connectivity index (χ0n) is 11.8. The molecule has 1 atom stereocenters. The van der Waals surface area contributed by atoms with Gasteiger partial charge in [0.05, 0.1) is 11.6 Å². The van der Waals surface area contributed by atoms with Crippen LogP contribution in [-0.2, 0) is 14.3 Å². The lowest BCUT2D eigenvalue weighted by Crippen LogP contribution is -2.28. The highest BCUT2D eigenvalue weighted by atomic mass is 35.5. The van der Waals surface area contributed by atoms with Crippen LogP contribution in [0.2, 0.25) is 5.02 Å². The minimum Gasteiger partial charge on any atom is -0.478 e. The SMILES string of the molecule is CCOC(=O)C(CC)Oc1ccc(C=CC(=O)O)cc1Cl. The van der Waals surface area contributed by atoms with Gasteiger partial charge >= 0.3 is 11.9 Å². The number of aliphatic carboxylic acids is 1. The summed E-state index contributed by atoms with van der Waals surface area (Å²) in [5, 5.41) is 8.86. The van der Waals surface area contributed by atoms with Gasteiger partial charge in [0.1, 0.15) is 5.75 Å². The van der Waals surface area contributed by atoms with Crippen LogP contribution in [0.4, 0.5) is 0 Å². The van der Waals surface area contributed by atoms with E-state index in [2.05, 4.69) is 0 Å². The van der Waals surface area contributed by atoms with Gasteiger partial charge in [0.25, 0.3) is 0 Å². The maximum atomic E-state index is 11.7. The average Bonchev–Trinajstić information content (AvgIpc) is 2.44. The van der Waals surface area contributed by atoms with Gasteiger partial charge < -0.3 is 14.6 Å². The van der Waals surface area contributed by atoms with Crippen molar-refractivity contribution in [2.75, 3.05) is 6.61 Å². The smallest absolute Gasteiger partial charge is 0.347 e. The van der Waals surface area contributed by atoms with E-state index in [1.54, 1.807) is 32.0 Å². The summed E-state index contributed by atoms with van der Waals surface area (Å²) in [6.07, 6.45) is 2.17. The van der Waals surface area contributed by atoms with Gasteiger partial charge in [-0.1, -0.05) is 24.6 Å². The molecule has 5 nitrogen and oxygen atoms in total. The Hall–Kier alpha value is -2.01. The largest absolute Gasteiger partial charge is 0.478 e. The fourth-order valence-corrected chi connectivity index (χ4v) is 1.80. The first-order valence-corrected chi connectivity index (χ1v) is 6.89. The lowest BCUT2D eigenvalue weighted by molar-refractivity contribution is -0.151. The molecule has 1 aromatic rings. The van der Waals surface area contributed by atoms with Gasteiger partial charge in [-0.3, -0.25) is 0 Å². The Labute approximate surface area is 128 Å². The molecule has 0 radical (unpaired) electrons. The van der Waals surface area contributed by atoms with Crippen molar-refractivity contribution in [3.8, 4) is 5.75 Å². The molecule has 0 aliphatic heterocycles. The van der Waals surface area contributed by atoms with Crippen LogP contribution in [0.1, 0.15) is 25.8 Å². The molecule has 0 saturated carbocycles. The number of hydrogen-bond acceptors (Lipinski definition) is 4. The van der Waals surface area contributed by atoms with Crippen molar-refractivity contribution < 1.29 is 24.2 Å². The third kappa shape index (κ3) is 5.47. The number of carboxylic acids is 1. The van der Waals surface area contributed by atoms with Crippen LogP contribution in [0, 0.1) is 0 Å². The molecule has 0 fully saturated rings. The molecular weight excluding hydrogens is 296 g/mol. The third-order valence-corrected chi connectivity index (χ3v) is 2.86. The minimum absolute atomic E-state index is 0.283. The quantitative estimate of drug-likeness (QED) is 0.618. The Balaban J connectivity index is 2.84. The summed E-state index contributed by atoms with van der Waals surface area (Å²) in [5.41, 5.74) is 0.624. The number of carbonyl (C=O) groups excluding carboxylic acids is 1. The Bertz CT molecular complexity index is 539. The van der Waals surface area contributed by atoms with Crippen LogP contribution >= 0.6 is 11.6 Å². The van der Waals surface area contributed by atoms with Crippen LogP contribution in [0.3, 0.4) is 0 Å². The molecule has 0 aliphatic carbocycles. The Morgan fingerprint density at radius 2 is 2.10 bits per heavy atom. The van der Waals surface area contributed by atoms with E-state index < -0.39 is 18.0 Å². The Kier molecular flexibility index (Phi) is 6.75. The molecule has 0 heterocycles. The van der Waals surface area contributed by atoms with E-state index in [9.17, 15) is 9.59 Å². The average molecular weight is 313 g/mol. The maximum Gasteiger partial charge on any atom is 0.347 e. The van der Waals surface area contributed by atoms with Crippen molar-refractivity contribution in [1.82, 2.24) is 0 Å². The predicted octanol–water partition coefficient (Wildman–Crippen LogP) is 3.16. The number of carboxylic acid groups (broad SMARTS) is 1. The van der Waals surface area contributed by atoms with Crippen molar-refractivity contribution in [3.05, 3.63) is 34.9 Å². The van der Waals surface area contributed by atoms with Gasteiger partial charge in [0, 0.05) is 6.08 Å². The molecule has 0 spiro atoms. The molecule has 1 unspecified atom stereocenters. The molecule has 6 heteroatoms. The zero-order chi connectivity index (χ0) is 15.8. The predicted molar refractivity (Wildman–Crippen MR) is 79.5 cm³/mol. The summed E-state index contributed by atoms with van der Waals surface area (Å²) in [6, 6.07) is 4.80. The molecule has 0 aromatic heterocycles. The highest BCUT2D eigenvalue weighted by molar-refractivity contribution is 6.32. The lowest BCUT2D eigenvalue weighted by atomic mass is 10.2. The number of carbonyl (C=O) groups is 2. The van der Waals surface area contributed by atoms with E-state index >= 15 is 0 Å². The van der Waals surface area contributed by atoms with Crippen molar-refractivity contribution >= 4 is 29.6 Å². The second-order valence-corrected chi connectivity index (χ2v) is 4.54. The topological polar surface area (TPSA) is 72.8 Å². The van der Waals surface area contributed by atoms with Gasteiger partial charge in [-0.05, 0) is 37.1 Å². The monoisotopic (exact) mass is 312 g/mol. The normalized spacial score (nSPS) is 12.1. The highest BCUT2D eigenvalue weighted by Crippen LogP contribution is 2.27. The summed E-state index contributed by atoms with van der Waals surface area (Å²) in [4.78, 5) is 22.1. The molecular formula is C15H17ClO5. The second kappa shape index (κ2) is 8.32. The first-order chi connectivity index (χ1) is 9.97. The summed E-state index contributed by atoms with van der Waals surface area (Å²) in [5.74, 6) is -1.13. The van der Waals surface area contributed by atoms with E-state index in [1.165, 1.54) is 6.08 Å². The van der Waals surface area contributed by atoms with Gasteiger partial charge in [-0.25, -0.2) is 9.59 Å². The molecule has 21 heavy (non-hydrogen) atoms. The molecule has 0 bridgehead atoms. The first-order valence-electron chi connectivity index (χ1n) is 6.51. The van der Waals surface area contributed by atoms with E-state index in [4.69, 9.17) is 26.2 Å². The number of benzene rings is 1. The van der Waals surface area contributed by atoms with Crippen LogP contribution in [0.5, 0.6) is 5.75 Å². The third-order valence-electron chi connectivity index (χ3n) is 2.56. The molecule has 0 aliphatic rings. The highest BCUT2D eigenvalue weighted by Gasteiger charge is 2.20. The number of rotatable bonds is 7. The van der Waals surface area contributed by atoms with Crippen LogP contribution in [0.25, 0.3) is 6.08 Å². The molecule has 1 rings (SSSR count). The molecule has 0 amide bonds. The Morgan fingerprint density at radius 3 is 2.62 bits per heavy atom. The second-order valence-electron chi connectivity index (χ2n) is 4.13. The summed E-state index contributed by atoms with van der Waals surface area (Å²) < 4.78 is 10.5. The maximum absolute atomic E-state index is 11.7. The van der Waals surface area contributed by atoms with Crippen molar-refractivity contribution in [2.24, 2.45) is 0 Å². The fourth-order valence-electron chi connectivity index (χ4n) is 1.57. The van der Waals surface area contributed by atoms with E-state index in [0.717, 1.165) is 6.08 Å². The minimum atomic E-state index is -1.04.